The Kier molecular flexibility index (Phi) is 11.1. The largest absolute Gasteiger partial charge is 0.490 e. The highest BCUT2D eigenvalue weighted by atomic mass is 127. The zero-order valence-electron chi connectivity index (χ0n) is 19.0. The summed E-state index contributed by atoms with van der Waals surface area (Å²) < 4.78 is 12.0. The van der Waals surface area contributed by atoms with Crippen LogP contribution in [0.25, 0.3) is 0 Å². The van der Waals surface area contributed by atoms with Gasteiger partial charge in [0.25, 0.3) is 5.91 Å². The summed E-state index contributed by atoms with van der Waals surface area (Å²) in [7, 11) is 0. The fraction of sp³-hybridized carbons (Fsp3) is 0.304. The standard InChI is InChI=1S/C23H26ClIN4O5/c1-4-14(3)27-22(31)23(32)29-26-12-15-9-18(25)21(19(10-15)33-5-2)34-13-20(30)28-17-8-6-7-16(24)11-17/h6-12,14H,4-5,13H2,1-3H3,(H,27,31)(H,28,30)(H,29,32)/b26-12-/t14-/m1/s1. The normalized spacial score (nSPS) is 11.6. The minimum atomic E-state index is -0.859. The van der Waals surface area contributed by atoms with Gasteiger partial charge in [-0.25, -0.2) is 5.43 Å². The number of amides is 3. The van der Waals surface area contributed by atoms with Crippen LogP contribution in [0.4, 0.5) is 5.69 Å². The number of rotatable bonds is 10. The lowest BCUT2D eigenvalue weighted by molar-refractivity contribution is -0.139. The molecule has 0 saturated carbocycles. The minimum absolute atomic E-state index is 0.113. The molecular weight excluding hydrogens is 575 g/mol. The first-order chi connectivity index (χ1) is 16.2. The van der Waals surface area contributed by atoms with Crippen molar-refractivity contribution >= 4 is 63.8 Å². The van der Waals surface area contributed by atoms with Gasteiger partial charge >= 0.3 is 11.8 Å². The van der Waals surface area contributed by atoms with Crippen LogP contribution < -0.4 is 25.5 Å². The van der Waals surface area contributed by atoms with Crippen LogP contribution in [0.3, 0.4) is 0 Å². The third-order valence-electron chi connectivity index (χ3n) is 4.36. The van der Waals surface area contributed by atoms with Gasteiger partial charge in [-0.2, -0.15) is 5.10 Å². The van der Waals surface area contributed by atoms with E-state index in [1.807, 2.05) is 13.8 Å². The molecule has 2 rings (SSSR count). The molecule has 3 amide bonds. The highest BCUT2D eigenvalue weighted by molar-refractivity contribution is 14.1. The maximum atomic E-state index is 12.3. The van der Waals surface area contributed by atoms with E-state index >= 15 is 0 Å². The van der Waals surface area contributed by atoms with Gasteiger partial charge in [0.15, 0.2) is 18.1 Å². The lowest BCUT2D eigenvalue weighted by Crippen LogP contribution is -2.41. The van der Waals surface area contributed by atoms with E-state index in [1.165, 1.54) is 6.21 Å². The number of hydrazone groups is 1. The smallest absolute Gasteiger partial charge is 0.329 e. The van der Waals surface area contributed by atoms with Gasteiger partial charge in [0.2, 0.25) is 0 Å². The van der Waals surface area contributed by atoms with Gasteiger partial charge in [-0.3, -0.25) is 14.4 Å². The lowest BCUT2D eigenvalue weighted by Gasteiger charge is -2.14. The minimum Gasteiger partial charge on any atom is -0.490 e. The maximum absolute atomic E-state index is 12.3. The number of carbonyl (C=O) groups excluding carboxylic acids is 3. The summed E-state index contributed by atoms with van der Waals surface area (Å²) in [6, 6.07) is 10.1. The number of nitrogens with zero attached hydrogens (tertiary/aromatic N) is 1. The number of ether oxygens (including phenoxy) is 2. The number of benzene rings is 2. The number of nitrogens with one attached hydrogen (secondary N) is 3. The first-order valence-corrected chi connectivity index (χ1v) is 12.0. The maximum Gasteiger partial charge on any atom is 0.329 e. The second kappa shape index (κ2) is 13.8. The van der Waals surface area contributed by atoms with Crippen LogP contribution in [0.1, 0.15) is 32.8 Å². The summed E-state index contributed by atoms with van der Waals surface area (Å²) in [5.41, 5.74) is 3.36. The predicted octanol–water partition coefficient (Wildman–Crippen LogP) is 3.73. The highest BCUT2D eigenvalue weighted by Crippen LogP contribution is 2.34. The van der Waals surface area contributed by atoms with Gasteiger partial charge in [0.1, 0.15) is 0 Å². The molecule has 2 aromatic carbocycles. The zero-order chi connectivity index (χ0) is 25.1. The monoisotopic (exact) mass is 600 g/mol. The van der Waals surface area contributed by atoms with Crippen molar-refractivity contribution in [3.63, 3.8) is 0 Å². The quantitative estimate of drug-likeness (QED) is 0.166. The van der Waals surface area contributed by atoms with Crippen LogP contribution in [0.15, 0.2) is 41.5 Å². The molecule has 11 heteroatoms. The molecule has 0 aliphatic carbocycles. The summed E-state index contributed by atoms with van der Waals surface area (Å²) in [6.07, 6.45) is 2.09. The Labute approximate surface area is 216 Å². The van der Waals surface area contributed by atoms with Gasteiger partial charge in [0.05, 0.1) is 16.4 Å². The summed E-state index contributed by atoms with van der Waals surface area (Å²) in [4.78, 5) is 35.9. The Morgan fingerprint density at radius 2 is 1.91 bits per heavy atom. The van der Waals surface area contributed by atoms with Crippen LogP contribution in [0, 0.1) is 3.57 Å². The third kappa shape index (κ3) is 8.82. The van der Waals surface area contributed by atoms with Crippen LogP contribution in [-0.2, 0) is 14.4 Å². The summed E-state index contributed by atoms with van der Waals surface area (Å²) in [5, 5.41) is 9.62. The summed E-state index contributed by atoms with van der Waals surface area (Å²) in [6.45, 7) is 5.65. The molecule has 0 radical (unpaired) electrons. The van der Waals surface area contributed by atoms with Crippen molar-refractivity contribution < 1.29 is 23.9 Å². The first kappa shape index (κ1) is 27.4. The van der Waals surface area contributed by atoms with Crippen LogP contribution in [-0.4, -0.2) is 43.2 Å². The molecule has 0 aliphatic heterocycles. The van der Waals surface area contributed by atoms with Crippen molar-refractivity contribution in [1.29, 1.82) is 0 Å². The van der Waals surface area contributed by atoms with Crippen molar-refractivity contribution in [3.8, 4) is 11.5 Å². The molecule has 0 saturated heterocycles. The average molecular weight is 601 g/mol. The number of anilines is 1. The number of hydrogen-bond donors (Lipinski definition) is 3. The Morgan fingerprint density at radius 3 is 2.59 bits per heavy atom. The second-order valence-electron chi connectivity index (χ2n) is 7.09. The first-order valence-electron chi connectivity index (χ1n) is 10.5. The molecule has 0 spiro atoms. The second-order valence-corrected chi connectivity index (χ2v) is 8.69. The van der Waals surface area contributed by atoms with E-state index in [2.05, 4.69) is 43.8 Å². The van der Waals surface area contributed by atoms with Crippen LogP contribution in [0.2, 0.25) is 5.02 Å². The number of hydrogen-bond acceptors (Lipinski definition) is 6. The van der Waals surface area contributed by atoms with E-state index in [4.69, 9.17) is 21.1 Å². The van der Waals surface area contributed by atoms with E-state index in [0.717, 1.165) is 0 Å². The SMILES string of the molecule is CCOc1cc(/C=N\NC(=O)C(=O)N[C@H](C)CC)cc(I)c1OCC(=O)Nc1cccc(Cl)c1. The van der Waals surface area contributed by atoms with Crippen LogP contribution >= 0.6 is 34.2 Å². The third-order valence-corrected chi connectivity index (χ3v) is 5.40. The Balaban J connectivity index is 2.04. The van der Waals surface area contributed by atoms with E-state index in [-0.39, 0.29) is 18.6 Å². The fourth-order valence-electron chi connectivity index (χ4n) is 2.57. The molecule has 3 N–H and O–H groups in total. The van der Waals surface area contributed by atoms with Crippen molar-refractivity contribution in [1.82, 2.24) is 10.7 Å². The molecule has 1 atom stereocenters. The zero-order valence-corrected chi connectivity index (χ0v) is 21.9. The highest BCUT2D eigenvalue weighted by Gasteiger charge is 2.16. The van der Waals surface area contributed by atoms with E-state index in [9.17, 15) is 14.4 Å². The molecular formula is C23H26ClIN4O5. The Hall–Kier alpha value is -2.86. The summed E-state index contributed by atoms with van der Waals surface area (Å²) >= 11 is 7.99. The van der Waals surface area contributed by atoms with Gasteiger partial charge < -0.3 is 20.1 Å². The lowest BCUT2D eigenvalue weighted by atomic mass is 10.2. The molecule has 2 aromatic rings. The van der Waals surface area contributed by atoms with Crippen molar-refractivity contribution in [3.05, 3.63) is 50.6 Å². The van der Waals surface area contributed by atoms with Crippen molar-refractivity contribution in [2.75, 3.05) is 18.5 Å². The number of carbonyl (C=O) groups is 3. The fourth-order valence-corrected chi connectivity index (χ4v) is 3.55. The topological polar surface area (TPSA) is 118 Å². The summed E-state index contributed by atoms with van der Waals surface area (Å²) in [5.74, 6) is -1.16. The van der Waals surface area contributed by atoms with Crippen LogP contribution in [0.5, 0.6) is 11.5 Å². The average Bonchev–Trinajstić information content (AvgIpc) is 2.78. The molecule has 0 fully saturated rings. The Morgan fingerprint density at radius 1 is 1.15 bits per heavy atom. The molecule has 0 unspecified atom stereocenters. The molecule has 182 valence electrons. The van der Waals surface area contributed by atoms with E-state index in [0.29, 0.717) is 44.4 Å². The molecule has 0 aromatic heterocycles. The van der Waals surface area contributed by atoms with Gasteiger partial charge in [0, 0.05) is 16.8 Å². The van der Waals surface area contributed by atoms with Crippen molar-refractivity contribution in [2.24, 2.45) is 5.10 Å². The number of halogens is 2. The molecule has 34 heavy (non-hydrogen) atoms. The molecule has 0 heterocycles. The van der Waals surface area contributed by atoms with E-state index in [1.54, 1.807) is 43.3 Å². The van der Waals surface area contributed by atoms with E-state index < -0.39 is 11.8 Å². The molecule has 9 nitrogen and oxygen atoms in total. The predicted molar refractivity (Wildman–Crippen MR) is 140 cm³/mol. The Bertz CT molecular complexity index is 1060. The van der Waals surface area contributed by atoms with Crippen molar-refractivity contribution in [2.45, 2.75) is 33.2 Å². The molecule has 0 aliphatic rings. The van der Waals surface area contributed by atoms with Gasteiger partial charge in [-0.1, -0.05) is 24.6 Å². The van der Waals surface area contributed by atoms with Gasteiger partial charge in [-0.15, -0.1) is 0 Å². The van der Waals surface area contributed by atoms with Gasteiger partial charge in [-0.05, 0) is 78.8 Å². The molecule has 0 bridgehead atoms.